The Kier molecular flexibility index (Phi) is 18.4. The molecule has 678 valence electrons. The molecule has 0 saturated carbocycles. The molecule has 1 aliphatic carbocycles. The Bertz CT molecular complexity index is 10700. The van der Waals surface area contributed by atoms with Crippen LogP contribution in [0.15, 0.2) is 479 Å². The molecule has 146 heavy (non-hydrogen) atoms. The Balaban J connectivity index is 0.621. The standard InChI is InChI=1S/C140H88N6/c1-140(2)122-80-101(107-35-21-30-90-61-72-115-130(114-71-60-89-26-14-16-34-109(89)136(114)144-137(115)134(90)107)92-48-40-86(41-49-92)87-42-53-94(54-43-87)138-142-125-36-17-19-38-127(125)145(138)3)64-67-110(122)116-81-120-121(82-123(116)140)133(105-59-46-85-24-9-12-29-98(85)76-105)118-78-100(62-68-111(118)129(120)91-50-55-95(56-51-91)139-143-126-37-18-20-39-128(126)146(139)106-31-5-4-6-32-106)99-63-69-112-117(77-99)131(103-57-44-83-22-7-10-27-96(83)74-103)113-70-65-102(79-119(113)132(112)104-58-45-84-23-8-11-28-97(84)75-104)124-73-66-93-52-47-88-25-13-15-33-108(88)135(93)141-124/h4-82H,1-3H3. The fourth-order valence-corrected chi connectivity index (χ4v) is 24.6. The van der Waals surface area contributed by atoms with E-state index in [9.17, 15) is 0 Å². The van der Waals surface area contributed by atoms with Crippen molar-refractivity contribution >= 4 is 163 Å². The first-order chi connectivity index (χ1) is 72.0. The van der Waals surface area contributed by atoms with Crippen LogP contribution in [0.3, 0.4) is 0 Å². The number of fused-ring (bicyclic) bond motifs is 21. The highest BCUT2D eigenvalue weighted by molar-refractivity contribution is 6.28. The normalized spacial score (nSPS) is 12.5. The van der Waals surface area contributed by atoms with Crippen molar-refractivity contribution in [2.24, 2.45) is 7.05 Å². The molecule has 0 amide bonds. The first-order valence-corrected chi connectivity index (χ1v) is 50.5. The van der Waals surface area contributed by atoms with Crippen molar-refractivity contribution in [1.82, 2.24) is 29.1 Å². The predicted octanol–water partition coefficient (Wildman–Crippen LogP) is 37.3. The van der Waals surface area contributed by atoms with E-state index in [1.165, 1.54) is 115 Å². The van der Waals surface area contributed by atoms with Gasteiger partial charge in [0.25, 0.3) is 0 Å². The summed E-state index contributed by atoms with van der Waals surface area (Å²) in [5.74, 6) is 1.83. The molecule has 0 spiro atoms. The molecule has 6 heteroatoms. The number of hydrogen-bond acceptors (Lipinski definition) is 4. The average molecular weight is 1850 g/mol. The van der Waals surface area contributed by atoms with E-state index >= 15 is 0 Å². The topological polar surface area (TPSA) is 61.4 Å². The van der Waals surface area contributed by atoms with Gasteiger partial charge in [-0.1, -0.05) is 396 Å². The molecule has 0 bridgehead atoms. The van der Waals surface area contributed by atoms with Crippen molar-refractivity contribution in [2.75, 3.05) is 0 Å². The molecule has 4 aromatic heterocycles. The van der Waals surface area contributed by atoms with Crippen molar-refractivity contribution in [2.45, 2.75) is 19.3 Å². The van der Waals surface area contributed by atoms with Crippen LogP contribution in [-0.2, 0) is 12.5 Å². The second-order valence-corrected chi connectivity index (χ2v) is 40.2. The molecule has 0 unspecified atom stereocenters. The molecule has 6 nitrogen and oxygen atoms in total. The van der Waals surface area contributed by atoms with Gasteiger partial charge in [-0.2, -0.15) is 0 Å². The maximum Gasteiger partial charge on any atom is 0.145 e. The Hall–Kier alpha value is -18.9. The van der Waals surface area contributed by atoms with Gasteiger partial charge in [0.1, 0.15) is 11.6 Å². The highest BCUT2D eigenvalue weighted by Gasteiger charge is 2.38. The fourth-order valence-electron chi connectivity index (χ4n) is 24.6. The van der Waals surface area contributed by atoms with Gasteiger partial charge < -0.3 is 4.57 Å². The first-order valence-electron chi connectivity index (χ1n) is 50.5. The molecule has 0 radical (unpaired) electrons. The summed E-state index contributed by atoms with van der Waals surface area (Å²) in [6.45, 7) is 4.92. The van der Waals surface area contributed by atoms with E-state index in [0.717, 1.165) is 199 Å². The van der Waals surface area contributed by atoms with Crippen LogP contribution in [0.25, 0.3) is 302 Å². The van der Waals surface area contributed by atoms with Crippen LogP contribution in [0.5, 0.6) is 0 Å². The Morgan fingerprint density at radius 2 is 0.582 bits per heavy atom. The fraction of sp³-hybridized carbons (Fsp3) is 0.0286. The van der Waals surface area contributed by atoms with Crippen molar-refractivity contribution in [1.29, 1.82) is 0 Å². The molecule has 25 aromatic carbocycles. The van der Waals surface area contributed by atoms with Crippen molar-refractivity contribution in [3.63, 3.8) is 0 Å². The number of aryl methyl sites for hydroxylation is 1. The quantitative estimate of drug-likeness (QED) is 0.0903. The van der Waals surface area contributed by atoms with Crippen LogP contribution in [0, 0.1) is 0 Å². The molecule has 0 saturated heterocycles. The second kappa shape index (κ2) is 32.3. The smallest absolute Gasteiger partial charge is 0.145 e. The maximum absolute atomic E-state index is 5.94. The minimum absolute atomic E-state index is 0.484. The van der Waals surface area contributed by atoms with Gasteiger partial charge in [0.2, 0.25) is 0 Å². The monoisotopic (exact) mass is 1850 g/mol. The van der Waals surface area contributed by atoms with Gasteiger partial charge in [0.05, 0.1) is 44.3 Å². The van der Waals surface area contributed by atoms with Crippen LogP contribution >= 0.6 is 0 Å². The molecule has 30 rings (SSSR count). The Morgan fingerprint density at radius 3 is 1.18 bits per heavy atom. The van der Waals surface area contributed by atoms with Gasteiger partial charge >= 0.3 is 0 Å². The van der Waals surface area contributed by atoms with Gasteiger partial charge in [-0.3, -0.25) is 4.57 Å². The highest BCUT2D eigenvalue weighted by atomic mass is 15.1. The largest absolute Gasteiger partial charge is 0.327 e. The zero-order valence-corrected chi connectivity index (χ0v) is 80.3. The third-order valence-corrected chi connectivity index (χ3v) is 31.8. The number of imidazole rings is 2. The van der Waals surface area contributed by atoms with Crippen LogP contribution in [0.4, 0.5) is 0 Å². The number of para-hydroxylation sites is 5. The summed E-state index contributed by atoms with van der Waals surface area (Å²) in [5.41, 5.74) is 35.1. The lowest BCUT2D eigenvalue weighted by Crippen LogP contribution is -2.15. The first kappa shape index (κ1) is 83.0. The van der Waals surface area contributed by atoms with Crippen molar-refractivity contribution < 1.29 is 0 Å². The van der Waals surface area contributed by atoms with Crippen LogP contribution in [0.1, 0.15) is 25.0 Å². The van der Waals surface area contributed by atoms with Gasteiger partial charge in [-0.15, -0.1) is 0 Å². The Labute approximate surface area is 842 Å². The molecule has 1 aliphatic rings. The Morgan fingerprint density at radius 1 is 0.192 bits per heavy atom. The number of hydrogen-bond donors (Lipinski definition) is 0. The highest BCUT2D eigenvalue weighted by Crippen LogP contribution is 2.57. The number of pyridine rings is 2. The van der Waals surface area contributed by atoms with Gasteiger partial charge in [-0.05, 0) is 294 Å². The lowest BCUT2D eigenvalue weighted by atomic mass is 9.78. The number of rotatable bonds is 12. The van der Waals surface area contributed by atoms with E-state index in [2.05, 4.69) is 509 Å². The summed E-state index contributed by atoms with van der Waals surface area (Å²) in [6, 6.07) is 179. The SMILES string of the molecule is Cn1c(-c2ccc(-c3ccc(-c4c5ccc6ccccc6c5nc5c4ccc4cccc(-c6ccc7c(c6)C(C)(C)c6cc8c(-c9ccc%10ccccc%10c9)c9cc(-c%10ccc%11c(-c%12ccc%13ccccc%13c%12)c%12cc(-c%13ccc%14ccc%15ccccc%15c%14n%13)ccc%12c(-c%12ccc%13ccccc%13c%12)c%11c%10)ccc9c(-c9ccc(-c%10nc%11ccccc%11n%10-c%10ccccc%10)cc9)c8cc6-7)c45)cc3)cc2)nc2ccccc21. The maximum atomic E-state index is 5.94. The molecule has 0 aliphatic heterocycles. The molecule has 0 N–H and O–H groups in total. The summed E-state index contributed by atoms with van der Waals surface area (Å²) in [7, 11) is 2.10. The lowest BCUT2D eigenvalue weighted by Gasteiger charge is -2.24. The van der Waals surface area contributed by atoms with Gasteiger partial charge in [0, 0.05) is 72.7 Å². The number of benzene rings is 25. The van der Waals surface area contributed by atoms with E-state index in [4.69, 9.17) is 19.9 Å². The minimum atomic E-state index is -0.484. The van der Waals surface area contributed by atoms with E-state index in [1.807, 2.05) is 0 Å². The van der Waals surface area contributed by atoms with Crippen molar-refractivity contribution in [3.05, 3.63) is 490 Å². The average Bonchev–Trinajstić information content (AvgIpc) is 1.54. The molecule has 0 atom stereocenters. The van der Waals surface area contributed by atoms with E-state index in [0.29, 0.717) is 0 Å². The van der Waals surface area contributed by atoms with Crippen molar-refractivity contribution in [3.8, 4) is 140 Å². The molecular weight excluding hydrogens is 1770 g/mol. The summed E-state index contributed by atoms with van der Waals surface area (Å²) >= 11 is 0. The predicted molar refractivity (Wildman–Crippen MR) is 616 cm³/mol. The van der Waals surface area contributed by atoms with E-state index < -0.39 is 5.41 Å². The third kappa shape index (κ3) is 13.0. The number of aromatic nitrogens is 6. The zero-order chi connectivity index (χ0) is 96.3. The number of nitrogens with zero attached hydrogens (tertiary/aromatic N) is 6. The van der Waals surface area contributed by atoms with Gasteiger partial charge in [-0.25, -0.2) is 19.9 Å². The third-order valence-electron chi connectivity index (χ3n) is 31.8. The summed E-state index contributed by atoms with van der Waals surface area (Å²) in [5, 5.41) is 26.7. The summed E-state index contributed by atoms with van der Waals surface area (Å²) < 4.78 is 4.49. The molecule has 0 fully saturated rings. The van der Waals surface area contributed by atoms with E-state index in [-0.39, 0.29) is 0 Å². The van der Waals surface area contributed by atoms with Crippen LogP contribution in [0.2, 0.25) is 0 Å². The lowest BCUT2D eigenvalue weighted by molar-refractivity contribution is 0.661. The van der Waals surface area contributed by atoms with Crippen LogP contribution in [-0.4, -0.2) is 29.1 Å². The molecule has 29 aromatic rings. The zero-order valence-electron chi connectivity index (χ0n) is 80.3. The van der Waals surface area contributed by atoms with E-state index in [1.54, 1.807) is 0 Å². The molecular formula is C140H88N6. The van der Waals surface area contributed by atoms with Gasteiger partial charge in [0.15, 0.2) is 0 Å². The summed E-state index contributed by atoms with van der Waals surface area (Å²) in [4.78, 5) is 22.0. The summed E-state index contributed by atoms with van der Waals surface area (Å²) in [6.07, 6.45) is 0. The molecule has 4 heterocycles. The minimum Gasteiger partial charge on any atom is -0.327 e. The van der Waals surface area contributed by atoms with Crippen LogP contribution < -0.4 is 0 Å². The second-order valence-electron chi connectivity index (χ2n) is 40.2.